The Morgan fingerprint density at radius 3 is 2.05 bits per heavy atom. The zero-order valence-corrected chi connectivity index (χ0v) is 25.7. The van der Waals surface area contributed by atoms with Gasteiger partial charge in [0.15, 0.2) is 5.78 Å². The lowest BCUT2D eigenvalue weighted by Gasteiger charge is -2.25. The van der Waals surface area contributed by atoms with Crippen molar-refractivity contribution in [1.29, 1.82) is 0 Å². The number of rotatable bonds is 17. The maximum Gasteiger partial charge on any atom is 0.251 e. The highest BCUT2D eigenvalue weighted by Crippen LogP contribution is 2.22. The Labute approximate surface area is 258 Å². The molecule has 0 heterocycles. The molecule has 0 fully saturated rings. The maximum absolute atomic E-state index is 14.0. The van der Waals surface area contributed by atoms with Gasteiger partial charge in [-0.2, -0.15) is 0 Å². The highest BCUT2D eigenvalue weighted by atomic mass is 19.1. The molecular formula is C35H43F2N3O4. The van der Waals surface area contributed by atoms with Gasteiger partial charge in [-0.05, 0) is 72.7 Å². The van der Waals surface area contributed by atoms with E-state index in [0.29, 0.717) is 19.4 Å². The minimum atomic E-state index is -1.15. The fourth-order valence-corrected chi connectivity index (χ4v) is 5.37. The van der Waals surface area contributed by atoms with Crippen LogP contribution >= 0.6 is 0 Å². The average molecular weight is 608 g/mol. The van der Waals surface area contributed by atoms with E-state index in [0.717, 1.165) is 43.0 Å². The molecule has 0 aliphatic heterocycles. The van der Waals surface area contributed by atoms with Crippen molar-refractivity contribution < 1.29 is 28.3 Å². The first kappa shape index (κ1) is 34.5. The van der Waals surface area contributed by atoms with Crippen molar-refractivity contribution in [3.05, 3.63) is 106 Å². The van der Waals surface area contributed by atoms with Crippen LogP contribution in [0.3, 0.4) is 0 Å². The summed E-state index contributed by atoms with van der Waals surface area (Å²) in [7, 11) is 0. The Balaban J connectivity index is 1.87. The number of hydrogen-bond donors (Lipinski definition) is 4. The second-order valence-electron chi connectivity index (χ2n) is 11.2. The summed E-state index contributed by atoms with van der Waals surface area (Å²) in [4.78, 5) is 39.1. The fourth-order valence-electron chi connectivity index (χ4n) is 5.37. The molecule has 0 saturated carbocycles. The number of halogens is 2. The quantitative estimate of drug-likeness (QED) is 0.151. The van der Waals surface area contributed by atoms with Crippen molar-refractivity contribution in [2.24, 2.45) is 11.7 Å². The Bertz CT molecular complexity index is 1420. The molecule has 2 atom stereocenters. The summed E-state index contributed by atoms with van der Waals surface area (Å²) < 4.78 is 28.0. The van der Waals surface area contributed by atoms with Gasteiger partial charge in [0.05, 0.1) is 12.1 Å². The lowest BCUT2D eigenvalue weighted by molar-refractivity contribution is 0.0829. The number of benzene rings is 3. The standard InChI is InChI=1S/C35H43F2N3O4/c1-4-8-25(9-5-2)33(42)26-16-27(34(38)43)18-28(17-26)35(44)40-31(15-24-13-29(36)19-30(37)14-24)32(41)21-39-20-23-11-7-10-22(6-3)12-23/h7,10-14,16-19,25,31-32,39,41H,4-6,8-9,15,20-21H2,1-3H3,(H2,38,43)(H,40,44)/t31-,32+/m0/s1. The second kappa shape index (κ2) is 16.8. The lowest BCUT2D eigenvalue weighted by Crippen LogP contribution is -2.48. The van der Waals surface area contributed by atoms with Crippen molar-refractivity contribution in [1.82, 2.24) is 10.6 Å². The number of nitrogens with one attached hydrogen (secondary N) is 2. The number of aliphatic hydroxyl groups is 1. The Hall–Kier alpha value is -3.95. The molecule has 0 radical (unpaired) electrons. The van der Waals surface area contributed by atoms with E-state index >= 15 is 0 Å². The van der Waals surface area contributed by atoms with Crippen LogP contribution in [0.2, 0.25) is 0 Å². The molecule has 0 bridgehead atoms. The zero-order valence-electron chi connectivity index (χ0n) is 25.7. The molecule has 7 nitrogen and oxygen atoms in total. The predicted octanol–water partition coefficient (Wildman–Crippen LogP) is 5.52. The number of carbonyl (C=O) groups excluding carboxylic acids is 3. The number of ketones is 1. The Morgan fingerprint density at radius 1 is 0.818 bits per heavy atom. The molecule has 2 amide bonds. The molecule has 9 heteroatoms. The van der Waals surface area contributed by atoms with Crippen LogP contribution in [0.1, 0.15) is 94.2 Å². The van der Waals surface area contributed by atoms with Crippen LogP contribution in [-0.4, -0.2) is 41.4 Å². The summed E-state index contributed by atoms with van der Waals surface area (Å²) in [6, 6.07) is 14.2. The van der Waals surface area contributed by atoms with Crippen molar-refractivity contribution in [2.45, 2.75) is 78.0 Å². The van der Waals surface area contributed by atoms with E-state index in [9.17, 15) is 28.3 Å². The minimum Gasteiger partial charge on any atom is -0.390 e. The van der Waals surface area contributed by atoms with Gasteiger partial charge in [0.1, 0.15) is 11.6 Å². The summed E-state index contributed by atoms with van der Waals surface area (Å²) in [6.07, 6.45) is 2.60. The summed E-state index contributed by atoms with van der Waals surface area (Å²) in [5.74, 6) is -3.45. The first-order valence-corrected chi connectivity index (χ1v) is 15.3. The summed E-state index contributed by atoms with van der Waals surface area (Å²) in [6.45, 7) is 6.57. The van der Waals surface area contributed by atoms with Gasteiger partial charge in [-0.15, -0.1) is 0 Å². The SMILES string of the molecule is CCCC(CCC)C(=O)c1cc(C(N)=O)cc(C(=O)N[C@@H](Cc2cc(F)cc(F)c2)[C@H](O)CNCc2cccc(CC)c2)c1. The number of amides is 2. The molecule has 3 aromatic carbocycles. The van der Waals surface area contributed by atoms with Crippen LogP contribution in [-0.2, 0) is 19.4 Å². The molecule has 0 saturated heterocycles. The predicted molar refractivity (Wildman–Crippen MR) is 167 cm³/mol. The number of carbonyl (C=O) groups is 3. The van der Waals surface area contributed by atoms with Crippen LogP contribution in [0.15, 0.2) is 60.7 Å². The van der Waals surface area contributed by atoms with E-state index in [4.69, 9.17) is 5.73 Å². The van der Waals surface area contributed by atoms with E-state index in [1.165, 1.54) is 23.8 Å². The second-order valence-corrected chi connectivity index (χ2v) is 11.2. The highest BCUT2D eigenvalue weighted by molar-refractivity contribution is 6.05. The molecule has 0 aromatic heterocycles. The third-order valence-electron chi connectivity index (χ3n) is 7.65. The molecule has 5 N–H and O–H groups in total. The van der Waals surface area contributed by atoms with Gasteiger partial charge in [0.25, 0.3) is 5.91 Å². The number of Topliss-reactive ketones (excluding diaryl/α,β-unsaturated/α-hetero) is 1. The number of hydrogen-bond acceptors (Lipinski definition) is 5. The van der Waals surface area contributed by atoms with Gasteiger partial charge in [-0.25, -0.2) is 8.78 Å². The van der Waals surface area contributed by atoms with Crippen LogP contribution in [0.5, 0.6) is 0 Å². The van der Waals surface area contributed by atoms with Gasteiger partial charge in [0, 0.05) is 41.8 Å². The molecule has 3 rings (SSSR count). The van der Waals surface area contributed by atoms with E-state index in [2.05, 4.69) is 23.6 Å². The number of nitrogens with two attached hydrogens (primary N) is 1. The Kier molecular flexibility index (Phi) is 13.2. The fraction of sp³-hybridized carbons (Fsp3) is 0.400. The van der Waals surface area contributed by atoms with Gasteiger partial charge in [-0.3, -0.25) is 14.4 Å². The van der Waals surface area contributed by atoms with Crippen molar-refractivity contribution in [3.8, 4) is 0 Å². The van der Waals surface area contributed by atoms with Crippen molar-refractivity contribution in [3.63, 3.8) is 0 Å². The Morgan fingerprint density at radius 2 is 1.43 bits per heavy atom. The molecule has 0 spiro atoms. The molecule has 44 heavy (non-hydrogen) atoms. The average Bonchev–Trinajstić information content (AvgIpc) is 2.99. The molecule has 3 aromatic rings. The van der Waals surface area contributed by atoms with E-state index in [1.54, 1.807) is 0 Å². The summed E-state index contributed by atoms with van der Waals surface area (Å²) >= 11 is 0. The van der Waals surface area contributed by atoms with Crippen molar-refractivity contribution >= 4 is 17.6 Å². The van der Waals surface area contributed by atoms with Crippen molar-refractivity contribution in [2.75, 3.05) is 6.54 Å². The normalized spacial score (nSPS) is 12.6. The van der Waals surface area contributed by atoms with Crippen LogP contribution < -0.4 is 16.4 Å². The zero-order chi connectivity index (χ0) is 32.2. The number of aliphatic hydroxyl groups excluding tert-OH is 1. The highest BCUT2D eigenvalue weighted by Gasteiger charge is 2.26. The smallest absolute Gasteiger partial charge is 0.251 e. The summed E-state index contributed by atoms with van der Waals surface area (Å²) in [5, 5.41) is 17.1. The maximum atomic E-state index is 14.0. The van der Waals surface area contributed by atoms with Gasteiger partial charge in [0.2, 0.25) is 5.91 Å². The van der Waals surface area contributed by atoms with E-state index in [-0.39, 0.29) is 46.9 Å². The van der Waals surface area contributed by atoms with Gasteiger partial charge >= 0.3 is 0 Å². The first-order valence-electron chi connectivity index (χ1n) is 15.3. The largest absolute Gasteiger partial charge is 0.390 e. The third kappa shape index (κ3) is 10.1. The molecule has 0 aliphatic rings. The number of primary amides is 1. The molecular weight excluding hydrogens is 564 g/mol. The molecule has 0 unspecified atom stereocenters. The monoisotopic (exact) mass is 607 g/mol. The lowest BCUT2D eigenvalue weighted by atomic mass is 9.88. The first-order chi connectivity index (χ1) is 21.0. The van der Waals surface area contributed by atoms with Crippen LogP contribution in [0, 0.1) is 17.6 Å². The molecule has 0 aliphatic carbocycles. The molecule has 236 valence electrons. The van der Waals surface area contributed by atoms with Crippen LogP contribution in [0.4, 0.5) is 8.78 Å². The van der Waals surface area contributed by atoms with E-state index < -0.39 is 35.6 Å². The van der Waals surface area contributed by atoms with Gasteiger partial charge < -0.3 is 21.5 Å². The third-order valence-corrected chi connectivity index (χ3v) is 7.65. The topological polar surface area (TPSA) is 122 Å². The van der Waals surface area contributed by atoms with Gasteiger partial charge in [-0.1, -0.05) is 57.9 Å². The van der Waals surface area contributed by atoms with E-state index in [1.807, 2.05) is 32.0 Å². The summed E-state index contributed by atoms with van der Waals surface area (Å²) in [5.41, 5.74) is 8.22. The minimum absolute atomic E-state index is 0.00743. The number of aryl methyl sites for hydroxylation is 1. The van der Waals surface area contributed by atoms with Crippen LogP contribution in [0.25, 0.3) is 0 Å².